The minimum absolute atomic E-state index is 0.154. The van der Waals surface area contributed by atoms with Crippen LogP contribution in [0.1, 0.15) is 0 Å². The molecule has 0 saturated carbocycles. The Balaban J connectivity index is 1.45. The Labute approximate surface area is 194 Å². The first-order valence-electron chi connectivity index (χ1n) is 9.73. The van der Waals surface area contributed by atoms with E-state index in [0.717, 1.165) is 4.57 Å². The number of anilines is 3. The molecule has 2 aromatic carbocycles. The van der Waals surface area contributed by atoms with Crippen molar-refractivity contribution in [3.63, 3.8) is 0 Å². The van der Waals surface area contributed by atoms with Gasteiger partial charge in [-0.25, -0.2) is 23.1 Å². The van der Waals surface area contributed by atoms with Gasteiger partial charge in [0.2, 0.25) is 5.95 Å². The third-order valence-electron chi connectivity index (χ3n) is 5.19. The van der Waals surface area contributed by atoms with Crippen LogP contribution in [0.15, 0.2) is 53.5 Å². The van der Waals surface area contributed by atoms with Crippen LogP contribution in [0.4, 0.5) is 26.1 Å². The van der Waals surface area contributed by atoms with E-state index in [4.69, 9.17) is 28.6 Å². The van der Waals surface area contributed by atoms with Gasteiger partial charge in [0.25, 0.3) is 5.92 Å². The molecule has 1 aliphatic heterocycles. The van der Waals surface area contributed by atoms with Crippen LogP contribution in [-0.4, -0.2) is 38.5 Å². The zero-order valence-electron chi connectivity index (χ0n) is 16.7. The Kier molecular flexibility index (Phi) is 5.06. The fourth-order valence-corrected chi connectivity index (χ4v) is 4.15. The van der Waals surface area contributed by atoms with Crippen molar-refractivity contribution in [2.45, 2.75) is 5.92 Å². The summed E-state index contributed by atoms with van der Waals surface area (Å²) in [6.07, 6.45) is 1.40. The zero-order chi connectivity index (χ0) is 23.3. The van der Waals surface area contributed by atoms with E-state index in [1.807, 2.05) is 0 Å². The van der Waals surface area contributed by atoms with Crippen molar-refractivity contribution in [2.75, 3.05) is 23.3 Å². The van der Waals surface area contributed by atoms with Gasteiger partial charge in [0.05, 0.1) is 34.2 Å². The lowest BCUT2D eigenvalue weighted by atomic mass is 10.1. The summed E-state index contributed by atoms with van der Waals surface area (Å²) in [5.74, 6) is -2.45. The van der Waals surface area contributed by atoms with Crippen LogP contribution in [-0.2, 0) is 0 Å². The van der Waals surface area contributed by atoms with Crippen LogP contribution < -0.4 is 21.4 Å². The van der Waals surface area contributed by atoms with E-state index in [-0.39, 0.29) is 51.3 Å². The Bertz CT molecular complexity index is 1470. The van der Waals surface area contributed by atoms with Crippen LogP contribution in [0.5, 0.6) is 0 Å². The molecule has 5 rings (SSSR count). The molecule has 0 radical (unpaired) electrons. The van der Waals surface area contributed by atoms with E-state index in [9.17, 15) is 13.6 Å². The molecule has 3 N–H and O–H groups in total. The van der Waals surface area contributed by atoms with Gasteiger partial charge in [0.15, 0.2) is 5.65 Å². The van der Waals surface area contributed by atoms with Crippen LogP contribution in [0.25, 0.3) is 16.7 Å². The first kappa shape index (κ1) is 21.4. The summed E-state index contributed by atoms with van der Waals surface area (Å²) < 4.78 is 27.2. The summed E-state index contributed by atoms with van der Waals surface area (Å²) in [6, 6.07) is 11.7. The van der Waals surface area contributed by atoms with Crippen molar-refractivity contribution in [1.29, 1.82) is 5.41 Å². The van der Waals surface area contributed by atoms with Gasteiger partial charge < -0.3 is 10.2 Å². The molecule has 168 valence electrons. The van der Waals surface area contributed by atoms with E-state index in [1.165, 1.54) is 6.20 Å². The van der Waals surface area contributed by atoms with Crippen LogP contribution >= 0.6 is 23.2 Å². The van der Waals surface area contributed by atoms with Crippen molar-refractivity contribution >= 4 is 51.6 Å². The zero-order valence-corrected chi connectivity index (χ0v) is 18.3. The third-order valence-corrected chi connectivity index (χ3v) is 5.80. The summed E-state index contributed by atoms with van der Waals surface area (Å²) in [7, 11) is 0. The smallest absolute Gasteiger partial charge is 0.333 e. The number of rotatable bonds is 4. The minimum Gasteiger partial charge on any atom is -0.359 e. The summed E-state index contributed by atoms with van der Waals surface area (Å²) in [6.45, 7) is -0.592. The summed E-state index contributed by atoms with van der Waals surface area (Å²) in [4.78, 5) is 25.5. The second kappa shape index (κ2) is 7.82. The normalized spacial score (nSPS) is 14.8. The van der Waals surface area contributed by atoms with Crippen molar-refractivity contribution in [3.8, 4) is 5.69 Å². The van der Waals surface area contributed by atoms with Crippen molar-refractivity contribution in [1.82, 2.24) is 19.5 Å². The van der Waals surface area contributed by atoms with Crippen molar-refractivity contribution in [2.24, 2.45) is 0 Å². The second-order valence-corrected chi connectivity index (χ2v) is 8.34. The molecule has 0 aliphatic carbocycles. The van der Waals surface area contributed by atoms with E-state index < -0.39 is 11.6 Å². The Morgan fingerprint density at radius 3 is 2.39 bits per heavy atom. The first-order valence-corrected chi connectivity index (χ1v) is 10.5. The molecule has 0 amide bonds. The molecule has 1 fully saturated rings. The number of halogens is 4. The number of aromatic amines is 1. The number of hydrogen-bond acceptors (Lipinski definition) is 6. The number of nitrogens with one attached hydrogen (secondary N) is 3. The number of H-pyrrole nitrogens is 1. The second-order valence-electron chi connectivity index (χ2n) is 7.52. The highest BCUT2D eigenvalue weighted by Gasteiger charge is 2.43. The molecule has 33 heavy (non-hydrogen) atoms. The highest BCUT2D eigenvalue weighted by atomic mass is 35.5. The standard InChI is InChI=1S/C21H15Cl2F2N7O/c22-14-2-1-3-15(23)16(14)32-17(26)13-8-27-19(29-18(13)30-20(32)33)28-11-4-6-12(7-5-11)31-9-21(24,25)10-31/h1-8,26H,9-10H2,(H2,27,28,29,30,33). The molecule has 4 aromatic rings. The number of benzene rings is 2. The number of para-hydroxylation sites is 1. The highest BCUT2D eigenvalue weighted by Crippen LogP contribution is 2.32. The number of hydrogen-bond donors (Lipinski definition) is 3. The van der Waals surface area contributed by atoms with E-state index in [0.29, 0.717) is 11.4 Å². The molecular weight excluding hydrogens is 475 g/mol. The molecule has 2 aromatic heterocycles. The Hall–Kier alpha value is -3.50. The van der Waals surface area contributed by atoms with Gasteiger partial charge in [-0.15, -0.1) is 0 Å². The maximum Gasteiger partial charge on any atom is 0.333 e. The van der Waals surface area contributed by atoms with E-state index in [2.05, 4.69) is 20.3 Å². The lowest BCUT2D eigenvalue weighted by molar-refractivity contribution is -0.0262. The summed E-state index contributed by atoms with van der Waals surface area (Å²) in [5, 5.41) is 12.2. The molecule has 3 heterocycles. The quantitative estimate of drug-likeness (QED) is 0.400. The minimum atomic E-state index is -2.64. The van der Waals surface area contributed by atoms with Gasteiger partial charge in [0.1, 0.15) is 5.49 Å². The van der Waals surface area contributed by atoms with Crippen LogP contribution in [0, 0.1) is 5.41 Å². The molecule has 0 unspecified atom stereocenters. The van der Waals surface area contributed by atoms with Crippen molar-refractivity contribution < 1.29 is 8.78 Å². The number of alkyl halides is 2. The lowest BCUT2D eigenvalue weighted by Crippen LogP contribution is -2.56. The van der Waals surface area contributed by atoms with Gasteiger partial charge in [-0.05, 0) is 36.4 Å². The molecule has 12 heteroatoms. The largest absolute Gasteiger partial charge is 0.359 e. The van der Waals surface area contributed by atoms with Gasteiger partial charge in [-0.1, -0.05) is 29.3 Å². The third kappa shape index (κ3) is 3.91. The van der Waals surface area contributed by atoms with Gasteiger partial charge >= 0.3 is 5.69 Å². The van der Waals surface area contributed by atoms with Crippen LogP contribution in [0.3, 0.4) is 0 Å². The summed E-state index contributed by atoms with van der Waals surface area (Å²) in [5.41, 5.74) is 0.857. The lowest BCUT2D eigenvalue weighted by Gasteiger charge is -2.40. The number of fused-ring (bicyclic) bond motifs is 1. The predicted molar refractivity (Wildman–Crippen MR) is 122 cm³/mol. The van der Waals surface area contributed by atoms with Gasteiger partial charge in [0, 0.05) is 17.6 Å². The molecule has 0 bridgehead atoms. The topological polar surface area (TPSA) is 103 Å². The molecule has 0 atom stereocenters. The fourth-order valence-electron chi connectivity index (χ4n) is 3.59. The molecule has 1 aliphatic rings. The van der Waals surface area contributed by atoms with Crippen LogP contribution in [0.2, 0.25) is 10.0 Å². The van der Waals surface area contributed by atoms with Gasteiger partial charge in [-0.2, -0.15) is 4.98 Å². The molecule has 8 nitrogen and oxygen atoms in total. The number of aromatic nitrogens is 4. The van der Waals surface area contributed by atoms with Crippen molar-refractivity contribution in [3.05, 3.63) is 74.7 Å². The number of nitrogens with zero attached hydrogens (tertiary/aromatic N) is 4. The highest BCUT2D eigenvalue weighted by molar-refractivity contribution is 6.37. The average molecular weight is 490 g/mol. The first-order chi connectivity index (χ1) is 15.7. The predicted octanol–water partition coefficient (Wildman–Crippen LogP) is 4.09. The maximum atomic E-state index is 13.1. The maximum absolute atomic E-state index is 13.1. The molecule has 0 spiro atoms. The monoisotopic (exact) mass is 489 g/mol. The summed E-state index contributed by atoms with van der Waals surface area (Å²) >= 11 is 12.4. The SMILES string of the molecule is N=c1c2cnc(Nc3ccc(N4CC(F)(F)C4)cc3)nc2[nH]c(=O)n1-c1c(Cl)cccc1Cl. The van der Waals surface area contributed by atoms with E-state index in [1.54, 1.807) is 47.4 Å². The molecular formula is C21H15Cl2F2N7O. The van der Waals surface area contributed by atoms with E-state index >= 15 is 0 Å². The Morgan fingerprint density at radius 1 is 1.09 bits per heavy atom. The fraction of sp³-hybridized carbons (Fsp3) is 0.143. The van der Waals surface area contributed by atoms with Gasteiger partial charge in [-0.3, -0.25) is 10.4 Å². The Morgan fingerprint density at radius 2 is 1.76 bits per heavy atom. The molecule has 1 saturated heterocycles. The average Bonchev–Trinajstić information content (AvgIpc) is 2.74.